The van der Waals surface area contributed by atoms with E-state index in [1.807, 2.05) is 18.7 Å². The van der Waals surface area contributed by atoms with Crippen LogP contribution in [-0.2, 0) is 11.3 Å². The number of hydrogen-bond acceptors (Lipinski definition) is 6. The van der Waals surface area contributed by atoms with E-state index in [-0.39, 0.29) is 53.1 Å². The summed E-state index contributed by atoms with van der Waals surface area (Å²) in [7, 11) is 0. The first-order chi connectivity index (χ1) is 12.5. The molecule has 1 saturated heterocycles. The summed E-state index contributed by atoms with van der Waals surface area (Å²) >= 11 is 0. The molecule has 26 heavy (non-hydrogen) atoms. The molecule has 7 nitrogen and oxygen atoms in total. The number of fused-ring (bicyclic) bond motifs is 1. The number of halogens is 1. The number of hydrogen-bond donors (Lipinski definition) is 2. The molecule has 0 spiro atoms. The quantitative estimate of drug-likeness (QED) is 0.864. The summed E-state index contributed by atoms with van der Waals surface area (Å²) in [6, 6.07) is 1.75. The molecule has 0 radical (unpaired) electrons. The van der Waals surface area contributed by atoms with Gasteiger partial charge in [-0.05, 0) is 32.8 Å². The standard InChI is InChI=1S/C18H22FN3O4/c1-9-6-22(7-10(2)25-9)16-11(8-23)5-13-15(18(24)20-12-3-4-12)21-26-17(13)14(16)19/h5,9-10,12,23H,3-4,6-8H2,1-2H3,(H,20,24)/t9-,10+. The number of aromatic nitrogens is 1. The van der Waals surface area contributed by atoms with Crippen LogP contribution in [0.5, 0.6) is 0 Å². The molecule has 1 amide bonds. The topological polar surface area (TPSA) is 87.8 Å². The summed E-state index contributed by atoms with van der Waals surface area (Å²) in [4.78, 5) is 14.2. The van der Waals surface area contributed by atoms with Gasteiger partial charge in [-0.3, -0.25) is 4.79 Å². The number of nitrogens with one attached hydrogen (secondary N) is 1. The van der Waals surface area contributed by atoms with Crippen LogP contribution in [0.4, 0.5) is 10.1 Å². The predicted molar refractivity (Wildman–Crippen MR) is 92.6 cm³/mol. The minimum absolute atomic E-state index is 0.0516. The Morgan fingerprint density at radius 3 is 2.69 bits per heavy atom. The van der Waals surface area contributed by atoms with Crippen molar-refractivity contribution in [3.63, 3.8) is 0 Å². The molecule has 2 aliphatic rings. The van der Waals surface area contributed by atoms with Crippen LogP contribution >= 0.6 is 0 Å². The van der Waals surface area contributed by atoms with Crippen LogP contribution in [0.15, 0.2) is 10.6 Å². The SMILES string of the molecule is C[C@@H]1CN(c2c(CO)cc3c(C(=O)NC4CC4)noc3c2F)C[C@H](C)O1. The molecule has 2 N–H and O–H groups in total. The Balaban J connectivity index is 1.77. The maximum atomic E-state index is 15.2. The van der Waals surface area contributed by atoms with Crippen LogP contribution in [0.1, 0.15) is 42.7 Å². The molecule has 2 aromatic rings. The van der Waals surface area contributed by atoms with Gasteiger partial charge in [0, 0.05) is 24.7 Å². The number of aliphatic hydroxyl groups excluding tert-OH is 1. The maximum Gasteiger partial charge on any atom is 0.274 e. The minimum atomic E-state index is -0.606. The normalized spacial score (nSPS) is 23.5. The number of morpholine rings is 1. The minimum Gasteiger partial charge on any atom is -0.392 e. The summed E-state index contributed by atoms with van der Waals surface area (Å²) in [5.74, 6) is -0.985. The summed E-state index contributed by atoms with van der Waals surface area (Å²) in [5, 5.41) is 16.7. The third-order valence-electron chi connectivity index (χ3n) is 4.79. The van der Waals surface area contributed by atoms with E-state index in [0.717, 1.165) is 12.8 Å². The predicted octanol–water partition coefficient (Wildman–Crippen LogP) is 1.96. The van der Waals surface area contributed by atoms with Gasteiger partial charge in [0.15, 0.2) is 11.5 Å². The first-order valence-corrected chi connectivity index (χ1v) is 8.90. The van der Waals surface area contributed by atoms with Gasteiger partial charge < -0.3 is 24.6 Å². The summed E-state index contributed by atoms with van der Waals surface area (Å²) in [6.45, 7) is 4.50. The summed E-state index contributed by atoms with van der Waals surface area (Å²) in [5.41, 5.74) is 0.674. The van der Waals surface area contributed by atoms with Gasteiger partial charge in [0.1, 0.15) is 0 Å². The Morgan fingerprint density at radius 1 is 1.38 bits per heavy atom. The largest absolute Gasteiger partial charge is 0.392 e. The monoisotopic (exact) mass is 363 g/mol. The second-order valence-corrected chi connectivity index (χ2v) is 7.17. The van der Waals surface area contributed by atoms with Crippen molar-refractivity contribution in [3.05, 3.63) is 23.1 Å². The van der Waals surface area contributed by atoms with Crippen molar-refractivity contribution in [2.24, 2.45) is 0 Å². The van der Waals surface area contributed by atoms with Crippen molar-refractivity contribution in [2.75, 3.05) is 18.0 Å². The Kier molecular flexibility index (Phi) is 4.32. The van der Waals surface area contributed by atoms with Crippen molar-refractivity contribution < 1.29 is 23.6 Å². The molecule has 4 rings (SSSR count). The number of rotatable bonds is 4. The van der Waals surface area contributed by atoms with Gasteiger partial charge in [-0.25, -0.2) is 4.39 Å². The molecule has 8 heteroatoms. The fourth-order valence-corrected chi connectivity index (χ4v) is 3.55. The number of anilines is 1. The van der Waals surface area contributed by atoms with Crippen LogP contribution in [0.2, 0.25) is 0 Å². The van der Waals surface area contributed by atoms with Gasteiger partial charge in [0.25, 0.3) is 5.91 Å². The van der Waals surface area contributed by atoms with Gasteiger partial charge in [0.2, 0.25) is 5.58 Å². The fourth-order valence-electron chi connectivity index (χ4n) is 3.55. The van der Waals surface area contributed by atoms with Crippen molar-refractivity contribution >= 4 is 22.6 Å². The highest BCUT2D eigenvalue weighted by Crippen LogP contribution is 2.35. The second kappa shape index (κ2) is 6.51. The zero-order valence-corrected chi connectivity index (χ0v) is 14.8. The molecule has 2 fully saturated rings. The Hall–Kier alpha value is -2.19. The van der Waals surface area contributed by atoms with Gasteiger partial charge in [-0.2, -0.15) is 0 Å². The highest BCUT2D eigenvalue weighted by Gasteiger charge is 2.31. The fraction of sp³-hybridized carbons (Fsp3) is 0.556. The molecule has 1 aliphatic carbocycles. The number of nitrogens with zero attached hydrogens (tertiary/aromatic N) is 2. The highest BCUT2D eigenvalue weighted by atomic mass is 19.1. The first kappa shape index (κ1) is 17.2. The van der Waals surface area contributed by atoms with Crippen LogP contribution in [0.25, 0.3) is 11.0 Å². The third kappa shape index (κ3) is 3.03. The van der Waals surface area contributed by atoms with E-state index in [2.05, 4.69) is 10.5 Å². The third-order valence-corrected chi connectivity index (χ3v) is 4.79. The van der Waals surface area contributed by atoms with Gasteiger partial charge in [0.05, 0.1) is 29.9 Å². The highest BCUT2D eigenvalue weighted by molar-refractivity contribution is 6.05. The molecule has 0 unspecified atom stereocenters. The lowest BCUT2D eigenvalue weighted by atomic mass is 10.1. The molecule has 2 heterocycles. The zero-order chi connectivity index (χ0) is 18.4. The molecule has 2 atom stereocenters. The number of benzene rings is 1. The lowest BCUT2D eigenvalue weighted by Gasteiger charge is -2.37. The number of carbonyl (C=O) groups is 1. The van der Waals surface area contributed by atoms with Crippen LogP contribution in [-0.4, -0.2) is 47.5 Å². The Morgan fingerprint density at radius 2 is 2.08 bits per heavy atom. The number of amides is 1. The Labute approximate surface area is 150 Å². The van der Waals surface area contributed by atoms with Crippen LogP contribution < -0.4 is 10.2 Å². The molecule has 1 saturated carbocycles. The smallest absolute Gasteiger partial charge is 0.274 e. The number of ether oxygens (including phenoxy) is 1. The van der Waals surface area contributed by atoms with E-state index in [4.69, 9.17) is 9.26 Å². The molecule has 140 valence electrons. The average molecular weight is 363 g/mol. The van der Waals surface area contributed by atoms with E-state index in [1.54, 1.807) is 6.07 Å². The van der Waals surface area contributed by atoms with Crippen LogP contribution in [0.3, 0.4) is 0 Å². The van der Waals surface area contributed by atoms with E-state index >= 15 is 4.39 Å². The summed E-state index contributed by atoms with van der Waals surface area (Å²) < 4.78 is 26.1. The number of aliphatic hydroxyl groups is 1. The van der Waals surface area contributed by atoms with E-state index < -0.39 is 5.82 Å². The number of carbonyl (C=O) groups excluding carboxylic acids is 1. The van der Waals surface area contributed by atoms with E-state index in [1.165, 1.54) is 0 Å². The lowest BCUT2D eigenvalue weighted by Crippen LogP contribution is -2.46. The average Bonchev–Trinajstić information content (AvgIpc) is 3.29. The second-order valence-electron chi connectivity index (χ2n) is 7.17. The molecule has 1 aromatic heterocycles. The van der Waals surface area contributed by atoms with E-state index in [0.29, 0.717) is 18.7 Å². The molecule has 1 aliphatic heterocycles. The molecule has 1 aromatic carbocycles. The van der Waals surface area contributed by atoms with Gasteiger partial charge >= 0.3 is 0 Å². The summed E-state index contributed by atoms with van der Waals surface area (Å²) in [6.07, 6.45) is 1.76. The van der Waals surface area contributed by atoms with Gasteiger partial charge in [-0.15, -0.1) is 0 Å². The molecule has 0 bridgehead atoms. The van der Waals surface area contributed by atoms with Crippen LogP contribution in [0, 0.1) is 5.82 Å². The van der Waals surface area contributed by atoms with Gasteiger partial charge in [-0.1, -0.05) is 5.16 Å². The molecular formula is C18H22FN3O4. The maximum absolute atomic E-state index is 15.2. The van der Waals surface area contributed by atoms with Crippen molar-refractivity contribution in [3.8, 4) is 0 Å². The van der Waals surface area contributed by atoms with E-state index in [9.17, 15) is 9.90 Å². The lowest BCUT2D eigenvalue weighted by molar-refractivity contribution is -0.00550. The molecular weight excluding hydrogens is 341 g/mol. The zero-order valence-electron chi connectivity index (χ0n) is 14.8. The first-order valence-electron chi connectivity index (χ1n) is 8.90. The van der Waals surface area contributed by atoms with Crippen molar-refractivity contribution in [1.29, 1.82) is 0 Å². The van der Waals surface area contributed by atoms with Crippen molar-refractivity contribution in [1.82, 2.24) is 10.5 Å². The van der Waals surface area contributed by atoms with Crippen molar-refractivity contribution in [2.45, 2.75) is 51.5 Å². The Bertz CT molecular complexity index is 839.